The highest BCUT2D eigenvalue weighted by molar-refractivity contribution is 6.05. The maximum atomic E-state index is 11.6. The Morgan fingerprint density at radius 1 is 0.882 bits per heavy atom. The molecule has 0 rings (SSSR count). The summed E-state index contributed by atoms with van der Waals surface area (Å²) in [7, 11) is 0. The number of esters is 2. The molecule has 0 aliphatic heterocycles. The number of amides is 2. The average Bonchev–Trinajstić information content (AvgIpc) is 2.17. The van der Waals surface area contributed by atoms with E-state index in [2.05, 4.69) is 20.9 Å². The molecule has 17 heavy (non-hydrogen) atoms. The minimum Gasteiger partial charge on any atom is -0.376 e. The molecule has 0 bridgehead atoms. The maximum absolute atomic E-state index is 11.6. The second-order valence-electron chi connectivity index (χ2n) is 3.21. The molecule has 0 saturated carbocycles. The van der Waals surface area contributed by atoms with Crippen LogP contribution in [0.5, 0.6) is 0 Å². The summed E-state index contributed by atoms with van der Waals surface area (Å²) in [5.74, 6) is -2.33. The number of primary amides is 2. The average molecular weight is 246 g/mol. The number of carbonyl (C=O) groups is 4. The highest BCUT2D eigenvalue weighted by Crippen LogP contribution is 2.30. The Morgan fingerprint density at radius 2 is 1.18 bits per heavy atom. The third kappa shape index (κ3) is 3.44. The lowest BCUT2D eigenvalue weighted by Crippen LogP contribution is -2.44. The van der Waals surface area contributed by atoms with Crippen LogP contribution in [0, 0.1) is 5.41 Å². The van der Waals surface area contributed by atoms with Gasteiger partial charge in [0.2, 0.25) is 0 Å². The maximum Gasteiger partial charge on any atom is 0.412 e. The van der Waals surface area contributed by atoms with Crippen molar-refractivity contribution < 1.29 is 28.7 Å². The second-order valence-corrected chi connectivity index (χ2v) is 3.21. The molecule has 0 aromatic heterocycles. The molecule has 2 amide bonds. The first-order valence-electron chi connectivity index (χ1n) is 4.83. The number of carbonyl (C=O) groups excluding carboxylic acids is 4. The molecule has 8 nitrogen and oxygen atoms in total. The Kier molecular flexibility index (Phi) is 5.10. The van der Waals surface area contributed by atoms with Gasteiger partial charge in [0.15, 0.2) is 5.41 Å². The van der Waals surface area contributed by atoms with E-state index in [-0.39, 0.29) is 12.8 Å². The standard InChI is InChI=1S/C9H14N2O6/c1-3-9(4-2,5(12)16-7(10)14)6(13)17-8(11)15/h3-4H2,1-2H3,(H2,10,14)(H2,11,15). The van der Waals surface area contributed by atoms with Crippen molar-refractivity contribution in [1.29, 1.82) is 0 Å². The largest absolute Gasteiger partial charge is 0.412 e. The fourth-order valence-electron chi connectivity index (χ4n) is 1.29. The predicted octanol–water partition coefficient (Wildman–Crippen LogP) is 0.0366. The van der Waals surface area contributed by atoms with E-state index in [1.807, 2.05) is 0 Å². The molecule has 8 heteroatoms. The number of rotatable bonds is 4. The van der Waals surface area contributed by atoms with E-state index in [0.29, 0.717) is 0 Å². The molecule has 0 aromatic rings. The third-order valence-corrected chi connectivity index (χ3v) is 2.38. The van der Waals surface area contributed by atoms with Crippen molar-refractivity contribution in [2.45, 2.75) is 26.7 Å². The van der Waals surface area contributed by atoms with E-state index in [1.54, 1.807) is 0 Å². The normalized spacial score (nSPS) is 10.5. The lowest BCUT2D eigenvalue weighted by Gasteiger charge is -2.24. The van der Waals surface area contributed by atoms with Crippen molar-refractivity contribution >= 4 is 24.1 Å². The quantitative estimate of drug-likeness (QED) is 0.530. The summed E-state index contributed by atoms with van der Waals surface area (Å²) in [5.41, 5.74) is 7.59. The molecule has 0 radical (unpaired) electrons. The van der Waals surface area contributed by atoms with Crippen molar-refractivity contribution in [2.75, 3.05) is 0 Å². The van der Waals surface area contributed by atoms with E-state index >= 15 is 0 Å². The molecular weight excluding hydrogens is 232 g/mol. The van der Waals surface area contributed by atoms with E-state index in [0.717, 1.165) is 0 Å². The summed E-state index contributed by atoms with van der Waals surface area (Å²) in [6, 6.07) is 0. The van der Waals surface area contributed by atoms with Gasteiger partial charge in [0.1, 0.15) is 0 Å². The van der Waals surface area contributed by atoms with Crippen LogP contribution in [0.4, 0.5) is 9.59 Å². The Morgan fingerprint density at radius 3 is 1.35 bits per heavy atom. The van der Waals surface area contributed by atoms with Gasteiger partial charge in [0.05, 0.1) is 0 Å². The van der Waals surface area contributed by atoms with Crippen LogP contribution in [-0.4, -0.2) is 24.1 Å². The fourth-order valence-corrected chi connectivity index (χ4v) is 1.29. The molecule has 0 atom stereocenters. The summed E-state index contributed by atoms with van der Waals surface area (Å²) in [6.45, 7) is 2.99. The van der Waals surface area contributed by atoms with Crippen molar-refractivity contribution in [1.82, 2.24) is 0 Å². The van der Waals surface area contributed by atoms with Crippen LogP contribution in [0.2, 0.25) is 0 Å². The summed E-state index contributed by atoms with van der Waals surface area (Å²) in [6.07, 6.45) is -2.73. The van der Waals surface area contributed by atoms with Gasteiger partial charge in [-0.05, 0) is 12.8 Å². The minimum atomic E-state index is -1.76. The Labute approximate surface area is 97.2 Å². The summed E-state index contributed by atoms with van der Waals surface area (Å²) in [4.78, 5) is 44.1. The minimum absolute atomic E-state index is 0.0261. The van der Waals surface area contributed by atoms with Crippen molar-refractivity contribution in [3.8, 4) is 0 Å². The molecule has 0 saturated heterocycles. The highest BCUT2D eigenvalue weighted by atomic mass is 16.6. The molecule has 0 aliphatic rings. The van der Waals surface area contributed by atoms with Crippen molar-refractivity contribution in [3.63, 3.8) is 0 Å². The van der Waals surface area contributed by atoms with E-state index in [9.17, 15) is 19.2 Å². The van der Waals surface area contributed by atoms with Crippen molar-refractivity contribution in [2.24, 2.45) is 16.9 Å². The predicted molar refractivity (Wildman–Crippen MR) is 54.4 cm³/mol. The lowest BCUT2D eigenvalue weighted by molar-refractivity contribution is -0.164. The first-order valence-corrected chi connectivity index (χ1v) is 4.83. The Balaban J connectivity index is 5.14. The van der Waals surface area contributed by atoms with Crippen LogP contribution < -0.4 is 11.5 Å². The van der Waals surface area contributed by atoms with Gasteiger partial charge in [0.25, 0.3) is 0 Å². The van der Waals surface area contributed by atoms with Gasteiger partial charge in [-0.3, -0.25) is 9.59 Å². The van der Waals surface area contributed by atoms with Gasteiger partial charge < -0.3 is 20.9 Å². The number of hydrogen-bond donors (Lipinski definition) is 2. The summed E-state index contributed by atoms with van der Waals surface area (Å²) in [5, 5.41) is 0. The van der Waals surface area contributed by atoms with E-state index < -0.39 is 29.5 Å². The molecule has 4 N–H and O–H groups in total. The van der Waals surface area contributed by atoms with Crippen LogP contribution >= 0.6 is 0 Å². The van der Waals surface area contributed by atoms with Gasteiger partial charge in [-0.2, -0.15) is 0 Å². The first kappa shape index (κ1) is 14.9. The Hall–Kier alpha value is -2.12. The first-order chi connectivity index (χ1) is 7.80. The summed E-state index contributed by atoms with van der Waals surface area (Å²) < 4.78 is 8.29. The number of nitrogens with two attached hydrogens (primary N) is 2. The smallest absolute Gasteiger partial charge is 0.376 e. The Bertz CT molecular complexity index is 317. The zero-order valence-corrected chi connectivity index (χ0v) is 9.52. The molecule has 0 aromatic carbocycles. The SMILES string of the molecule is CCC(CC)(C(=O)OC(N)=O)C(=O)OC(N)=O. The van der Waals surface area contributed by atoms with Gasteiger partial charge in [-0.25, -0.2) is 9.59 Å². The molecule has 0 heterocycles. The van der Waals surface area contributed by atoms with Crippen LogP contribution in [0.3, 0.4) is 0 Å². The molecule has 96 valence electrons. The second kappa shape index (κ2) is 5.83. The summed E-state index contributed by atoms with van der Waals surface area (Å²) >= 11 is 0. The molecule has 0 aliphatic carbocycles. The van der Waals surface area contributed by atoms with E-state index in [1.165, 1.54) is 13.8 Å². The molecule has 0 spiro atoms. The van der Waals surface area contributed by atoms with Crippen molar-refractivity contribution in [3.05, 3.63) is 0 Å². The molecule has 0 fully saturated rings. The third-order valence-electron chi connectivity index (χ3n) is 2.38. The monoisotopic (exact) mass is 246 g/mol. The zero-order valence-electron chi connectivity index (χ0n) is 9.52. The van der Waals surface area contributed by atoms with E-state index in [4.69, 9.17) is 0 Å². The number of hydrogen-bond acceptors (Lipinski definition) is 6. The number of ether oxygens (including phenoxy) is 2. The van der Waals surface area contributed by atoms with Crippen LogP contribution in [0.15, 0.2) is 0 Å². The van der Waals surface area contributed by atoms with Crippen LogP contribution in [0.1, 0.15) is 26.7 Å². The topological polar surface area (TPSA) is 139 Å². The lowest BCUT2D eigenvalue weighted by atomic mass is 9.82. The van der Waals surface area contributed by atoms with Gasteiger partial charge in [0, 0.05) is 0 Å². The molecule has 0 unspecified atom stereocenters. The van der Waals surface area contributed by atoms with Crippen LogP contribution in [0.25, 0.3) is 0 Å². The highest BCUT2D eigenvalue weighted by Gasteiger charge is 2.47. The van der Waals surface area contributed by atoms with Gasteiger partial charge in [-0.1, -0.05) is 13.8 Å². The van der Waals surface area contributed by atoms with Gasteiger partial charge in [-0.15, -0.1) is 0 Å². The zero-order chi connectivity index (χ0) is 13.6. The fraction of sp³-hybridized carbons (Fsp3) is 0.556. The van der Waals surface area contributed by atoms with Crippen LogP contribution in [-0.2, 0) is 19.1 Å². The molecular formula is C9H14N2O6. The van der Waals surface area contributed by atoms with Gasteiger partial charge >= 0.3 is 24.1 Å².